The van der Waals surface area contributed by atoms with Crippen LogP contribution in [0.15, 0.2) is 30.3 Å². The molecule has 22 heavy (non-hydrogen) atoms. The Bertz CT molecular complexity index is 520. The normalized spacial score (nSPS) is 20.4. The van der Waals surface area contributed by atoms with Crippen molar-refractivity contribution in [2.75, 3.05) is 26.7 Å². The van der Waals surface area contributed by atoms with E-state index in [1.54, 1.807) is 0 Å². The molecule has 0 spiro atoms. The predicted octanol–water partition coefficient (Wildman–Crippen LogP) is 0.819. The maximum Gasteiger partial charge on any atom is 0.326 e. The summed E-state index contributed by atoms with van der Waals surface area (Å²) >= 11 is 0. The van der Waals surface area contributed by atoms with Gasteiger partial charge in [0.1, 0.15) is 12.1 Å². The number of nitrogens with zero attached hydrogens (tertiary/aromatic N) is 2. The highest BCUT2D eigenvalue weighted by Gasteiger charge is 2.32. The number of amides is 1. The van der Waals surface area contributed by atoms with Gasteiger partial charge in [0, 0.05) is 26.7 Å². The third-order valence-corrected chi connectivity index (χ3v) is 3.96. The lowest BCUT2D eigenvalue weighted by molar-refractivity contribution is -0.157. The highest BCUT2D eigenvalue weighted by Crippen LogP contribution is 2.13. The molecule has 0 saturated carbocycles. The molecule has 0 radical (unpaired) electrons. The summed E-state index contributed by atoms with van der Waals surface area (Å²) in [6.45, 7) is 3.96. The van der Waals surface area contributed by atoms with Crippen LogP contribution in [0.5, 0.6) is 0 Å². The minimum Gasteiger partial charge on any atom is -0.480 e. The van der Waals surface area contributed by atoms with Gasteiger partial charge in [-0.3, -0.25) is 9.69 Å². The standard InChI is InChI=1S/C16H22N2O4/c1-12(16(20)21)17(2)15(19)14-11-18(8-9-22-14)10-13-6-4-3-5-7-13/h3-7,12,14H,8-11H2,1-2H3,(H,20,21)/t12-,14+/m1/s1. The fourth-order valence-electron chi connectivity index (χ4n) is 2.42. The van der Waals surface area contributed by atoms with Gasteiger partial charge in [-0.05, 0) is 12.5 Å². The Morgan fingerprint density at radius 2 is 2.09 bits per heavy atom. The Morgan fingerprint density at radius 3 is 2.73 bits per heavy atom. The molecule has 6 heteroatoms. The first kappa shape index (κ1) is 16.5. The van der Waals surface area contributed by atoms with Gasteiger partial charge in [-0.2, -0.15) is 0 Å². The average molecular weight is 306 g/mol. The third-order valence-electron chi connectivity index (χ3n) is 3.96. The van der Waals surface area contributed by atoms with Gasteiger partial charge in [0.2, 0.25) is 0 Å². The highest BCUT2D eigenvalue weighted by molar-refractivity contribution is 5.86. The molecule has 1 aromatic rings. The third kappa shape index (κ3) is 4.05. The quantitative estimate of drug-likeness (QED) is 0.872. The maximum absolute atomic E-state index is 12.4. The summed E-state index contributed by atoms with van der Waals surface area (Å²) in [5, 5.41) is 9.00. The number of morpholine rings is 1. The second-order valence-corrected chi connectivity index (χ2v) is 5.54. The molecule has 120 valence electrons. The van der Waals surface area contributed by atoms with Crippen LogP contribution in [0.1, 0.15) is 12.5 Å². The topological polar surface area (TPSA) is 70.1 Å². The molecule has 1 fully saturated rings. The minimum atomic E-state index is -1.02. The number of hydrogen-bond acceptors (Lipinski definition) is 4. The van der Waals surface area contributed by atoms with Crippen LogP contribution in [0.2, 0.25) is 0 Å². The van der Waals surface area contributed by atoms with E-state index in [-0.39, 0.29) is 5.91 Å². The molecule has 1 aromatic carbocycles. The van der Waals surface area contributed by atoms with Gasteiger partial charge in [-0.15, -0.1) is 0 Å². The summed E-state index contributed by atoms with van der Waals surface area (Å²) in [5.41, 5.74) is 1.18. The molecule has 0 bridgehead atoms. The summed E-state index contributed by atoms with van der Waals surface area (Å²) < 4.78 is 5.53. The largest absolute Gasteiger partial charge is 0.480 e. The minimum absolute atomic E-state index is 0.285. The molecule has 1 saturated heterocycles. The van der Waals surface area contributed by atoms with Crippen molar-refractivity contribution in [3.8, 4) is 0 Å². The van der Waals surface area contributed by atoms with Crippen molar-refractivity contribution in [2.45, 2.75) is 25.6 Å². The average Bonchev–Trinajstić information content (AvgIpc) is 2.54. The van der Waals surface area contributed by atoms with Crippen molar-refractivity contribution in [2.24, 2.45) is 0 Å². The smallest absolute Gasteiger partial charge is 0.326 e. The Balaban J connectivity index is 1.95. The van der Waals surface area contributed by atoms with Gasteiger partial charge < -0.3 is 14.7 Å². The second-order valence-electron chi connectivity index (χ2n) is 5.54. The van der Waals surface area contributed by atoms with E-state index in [0.717, 1.165) is 13.1 Å². The zero-order valence-electron chi connectivity index (χ0n) is 12.9. The number of aliphatic carboxylic acids is 1. The zero-order chi connectivity index (χ0) is 16.1. The molecule has 0 unspecified atom stereocenters. The molecular weight excluding hydrogens is 284 g/mol. The van der Waals surface area contributed by atoms with Gasteiger partial charge in [0.05, 0.1) is 6.61 Å². The van der Waals surface area contributed by atoms with Gasteiger partial charge in [-0.25, -0.2) is 4.79 Å². The Kier molecular flexibility index (Phi) is 5.51. The highest BCUT2D eigenvalue weighted by atomic mass is 16.5. The monoisotopic (exact) mass is 306 g/mol. The fraction of sp³-hybridized carbons (Fsp3) is 0.500. The molecule has 1 aliphatic rings. The molecule has 6 nitrogen and oxygen atoms in total. The van der Waals surface area contributed by atoms with E-state index < -0.39 is 18.1 Å². The Morgan fingerprint density at radius 1 is 1.41 bits per heavy atom. The van der Waals surface area contributed by atoms with Crippen molar-refractivity contribution in [1.29, 1.82) is 0 Å². The molecule has 2 atom stereocenters. The van der Waals surface area contributed by atoms with E-state index in [0.29, 0.717) is 13.2 Å². The maximum atomic E-state index is 12.4. The van der Waals surface area contributed by atoms with Crippen LogP contribution in [0.25, 0.3) is 0 Å². The van der Waals surface area contributed by atoms with Crippen molar-refractivity contribution in [3.05, 3.63) is 35.9 Å². The van der Waals surface area contributed by atoms with Crippen molar-refractivity contribution < 1.29 is 19.4 Å². The van der Waals surface area contributed by atoms with E-state index >= 15 is 0 Å². The van der Waals surface area contributed by atoms with E-state index in [4.69, 9.17) is 9.84 Å². The van der Waals surface area contributed by atoms with Crippen LogP contribution in [0, 0.1) is 0 Å². The number of carboxylic acids is 1. The lowest BCUT2D eigenvalue weighted by atomic mass is 10.1. The number of hydrogen-bond donors (Lipinski definition) is 1. The lowest BCUT2D eigenvalue weighted by Gasteiger charge is -2.34. The van der Waals surface area contributed by atoms with Crippen LogP contribution in [-0.2, 0) is 20.9 Å². The first-order valence-electron chi connectivity index (χ1n) is 7.36. The molecule has 0 aliphatic carbocycles. The van der Waals surface area contributed by atoms with Gasteiger partial charge >= 0.3 is 5.97 Å². The number of benzene rings is 1. The molecule has 2 rings (SSSR count). The van der Waals surface area contributed by atoms with Crippen molar-refractivity contribution in [1.82, 2.24) is 9.80 Å². The number of carboxylic acid groups (broad SMARTS) is 1. The fourth-order valence-corrected chi connectivity index (χ4v) is 2.42. The molecular formula is C16H22N2O4. The van der Waals surface area contributed by atoms with Crippen LogP contribution >= 0.6 is 0 Å². The molecule has 0 aromatic heterocycles. The van der Waals surface area contributed by atoms with Crippen molar-refractivity contribution >= 4 is 11.9 Å². The summed E-state index contributed by atoms with van der Waals surface area (Å²) in [6, 6.07) is 9.18. The van der Waals surface area contributed by atoms with Gasteiger partial charge in [0.15, 0.2) is 0 Å². The number of rotatable bonds is 5. The Labute approximate surface area is 130 Å². The van der Waals surface area contributed by atoms with Crippen LogP contribution in [-0.4, -0.2) is 65.7 Å². The van der Waals surface area contributed by atoms with E-state index in [2.05, 4.69) is 4.90 Å². The summed E-state index contributed by atoms with van der Waals surface area (Å²) in [4.78, 5) is 26.7. The SMILES string of the molecule is C[C@H](C(=O)O)N(C)C(=O)[C@@H]1CN(Cc2ccccc2)CCO1. The van der Waals surface area contributed by atoms with E-state index in [9.17, 15) is 9.59 Å². The summed E-state index contributed by atoms with van der Waals surface area (Å²) in [6.07, 6.45) is -0.607. The Hall–Kier alpha value is -1.92. The number of carbonyl (C=O) groups is 2. The van der Waals surface area contributed by atoms with Crippen LogP contribution in [0.4, 0.5) is 0 Å². The van der Waals surface area contributed by atoms with Crippen LogP contribution in [0.3, 0.4) is 0 Å². The number of likely N-dealkylation sites (N-methyl/N-ethyl adjacent to an activating group) is 1. The van der Waals surface area contributed by atoms with Gasteiger partial charge in [-0.1, -0.05) is 30.3 Å². The van der Waals surface area contributed by atoms with E-state index in [1.165, 1.54) is 24.4 Å². The summed E-state index contributed by atoms with van der Waals surface area (Å²) in [7, 11) is 1.50. The first-order chi connectivity index (χ1) is 10.5. The molecule has 1 heterocycles. The van der Waals surface area contributed by atoms with Gasteiger partial charge in [0.25, 0.3) is 5.91 Å². The molecule has 1 aliphatic heterocycles. The first-order valence-corrected chi connectivity index (χ1v) is 7.36. The molecule has 1 amide bonds. The zero-order valence-corrected chi connectivity index (χ0v) is 12.9. The molecule has 1 N–H and O–H groups in total. The number of carbonyl (C=O) groups excluding carboxylic acids is 1. The second kappa shape index (κ2) is 7.38. The predicted molar refractivity (Wildman–Crippen MR) is 81.3 cm³/mol. The lowest BCUT2D eigenvalue weighted by Crippen LogP contribution is -2.52. The summed E-state index contributed by atoms with van der Waals surface area (Å²) in [5.74, 6) is -1.31. The number of ether oxygens (including phenoxy) is 1. The van der Waals surface area contributed by atoms with Crippen molar-refractivity contribution in [3.63, 3.8) is 0 Å². The van der Waals surface area contributed by atoms with E-state index in [1.807, 2.05) is 30.3 Å². The van der Waals surface area contributed by atoms with Crippen LogP contribution < -0.4 is 0 Å².